The first kappa shape index (κ1) is 13.1. The average Bonchev–Trinajstić information content (AvgIpc) is 2.40. The van der Waals surface area contributed by atoms with Crippen LogP contribution in [-0.4, -0.2) is 17.4 Å². The Morgan fingerprint density at radius 3 is 2.74 bits per heavy atom. The first-order valence-electron chi connectivity index (χ1n) is 6.22. The summed E-state index contributed by atoms with van der Waals surface area (Å²) in [4.78, 5) is 18.2. The SMILES string of the molecule is CCN(C(=O)c1ncccc1N)c1cccc(C)c1. The van der Waals surface area contributed by atoms with Gasteiger partial charge in [-0.2, -0.15) is 0 Å². The molecule has 0 radical (unpaired) electrons. The lowest BCUT2D eigenvalue weighted by atomic mass is 10.2. The molecule has 1 amide bonds. The van der Waals surface area contributed by atoms with Gasteiger partial charge in [-0.05, 0) is 43.7 Å². The van der Waals surface area contributed by atoms with Crippen molar-refractivity contribution in [2.75, 3.05) is 17.2 Å². The number of benzene rings is 1. The summed E-state index contributed by atoms with van der Waals surface area (Å²) in [5.74, 6) is -0.175. The van der Waals surface area contributed by atoms with Crippen molar-refractivity contribution < 1.29 is 4.79 Å². The van der Waals surface area contributed by atoms with Crippen molar-refractivity contribution in [2.24, 2.45) is 0 Å². The summed E-state index contributed by atoms with van der Waals surface area (Å²) in [7, 11) is 0. The number of rotatable bonds is 3. The summed E-state index contributed by atoms with van der Waals surface area (Å²) in [5, 5.41) is 0. The molecular weight excluding hydrogens is 238 g/mol. The van der Waals surface area contributed by atoms with Crippen LogP contribution in [0.2, 0.25) is 0 Å². The fourth-order valence-electron chi connectivity index (χ4n) is 1.96. The number of amides is 1. The molecule has 1 aromatic carbocycles. The molecule has 1 heterocycles. The number of carbonyl (C=O) groups is 1. The molecular formula is C15H17N3O. The largest absolute Gasteiger partial charge is 0.397 e. The molecule has 4 nitrogen and oxygen atoms in total. The highest BCUT2D eigenvalue weighted by atomic mass is 16.2. The van der Waals surface area contributed by atoms with Crippen LogP contribution in [-0.2, 0) is 0 Å². The molecule has 0 aliphatic heterocycles. The van der Waals surface area contributed by atoms with Gasteiger partial charge < -0.3 is 10.6 Å². The molecule has 0 atom stereocenters. The molecule has 0 aliphatic rings. The van der Waals surface area contributed by atoms with Crippen molar-refractivity contribution in [2.45, 2.75) is 13.8 Å². The summed E-state index contributed by atoms with van der Waals surface area (Å²) in [5.41, 5.74) is 8.48. The van der Waals surface area contributed by atoms with Gasteiger partial charge in [0.15, 0.2) is 5.69 Å². The molecule has 0 aliphatic carbocycles. The van der Waals surface area contributed by atoms with Crippen LogP contribution < -0.4 is 10.6 Å². The van der Waals surface area contributed by atoms with Crippen LogP contribution in [0.4, 0.5) is 11.4 Å². The maximum absolute atomic E-state index is 12.5. The third-order valence-electron chi connectivity index (χ3n) is 2.92. The van der Waals surface area contributed by atoms with Gasteiger partial charge in [-0.25, -0.2) is 4.98 Å². The standard InChI is InChI=1S/C15H17N3O/c1-3-18(12-7-4-6-11(2)10-12)15(19)14-13(16)8-5-9-17-14/h4-10H,3,16H2,1-2H3. The minimum absolute atomic E-state index is 0.175. The second-order valence-electron chi connectivity index (χ2n) is 4.33. The van der Waals surface area contributed by atoms with Gasteiger partial charge in [-0.15, -0.1) is 0 Å². The molecule has 0 bridgehead atoms. The molecule has 0 spiro atoms. The van der Waals surface area contributed by atoms with E-state index in [1.54, 1.807) is 23.2 Å². The number of pyridine rings is 1. The molecule has 4 heteroatoms. The van der Waals surface area contributed by atoms with Crippen molar-refractivity contribution >= 4 is 17.3 Å². The number of hydrogen-bond acceptors (Lipinski definition) is 3. The van der Waals surface area contributed by atoms with E-state index in [2.05, 4.69) is 4.98 Å². The van der Waals surface area contributed by atoms with E-state index < -0.39 is 0 Å². The highest BCUT2D eigenvalue weighted by molar-refractivity contribution is 6.07. The van der Waals surface area contributed by atoms with Gasteiger partial charge in [0.25, 0.3) is 5.91 Å². The molecule has 0 saturated heterocycles. The van der Waals surface area contributed by atoms with Gasteiger partial charge >= 0.3 is 0 Å². The number of aromatic nitrogens is 1. The second-order valence-corrected chi connectivity index (χ2v) is 4.33. The molecule has 2 N–H and O–H groups in total. The summed E-state index contributed by atoms with van der Waals surface area (Å²) < 4.78 is 0. The van der Waals surface area contributed by atoms with Crippen LogP contribution in [0.3, 0.4) is 0 Å². The van der Waals surface area contributed by atoms with Crippen molar-refractivity contribution in [3.63, 3.8) is 0 Å². The van der Waals surface area contributed by atoms with Gasteiger partial charge in [0.1, 0.15) is 0 Å². The van der Waals surface area contributed by atoms with Crippen LogP contribution in [0, 0.1) is 6.92 Å². The predicted octanol–water partition coefficient (Wildman–Crippen LogP) is 2.64. The summed E-state index contributed by atoms with van der Waals surface area (Å²) >= 11 is 0. The van der Waals surface area contributed by atoms with Gasteiger partial charge in [0, 0.05) is 18.4 Å². The van der Waals surface area contributed by atoms with E-state index in [1.165, 1.54) is 0 Å². The number of nitrogens with zero attached hydrogens (tertiary/aromatic N) is 2. The fourth-order valence-corrected chi connectivity index (χ4v) is 1.96. The Balaban J connectivity index is 2.38. The lowest BCUT2D eigenvalue weighted by Crippen LogP contribution is -2.32. The van der Waals surface area contributed by atoms with Crippen molar-refractivity contribution in [3.8, 4) is 0 Å². The van der Waals surface area contributed by atoms with E-state index in [1.807, 2.05) is 38.1 Å². The lowest BCUT2D eigenvalue weighted by molar-refractivity contribution is 0.0984. The van der Waals surface area contributed by atoms with Gasteiger partial charge in [-0.3, -0.25) is 4.79 Å². The highest BCUT2D eigenvalue weighted by Gasteiger charge is 2.19. The molecule has 2 rings (SSSR count). The number of anilines is 2. The van der Waals surface area contributed by atoms with E-state index in [-0.39, 0.29) is 5.91 Å². The third kappa shape index (κ3) is 2.73. The van der Waals surface area contributed by atoms with E-state index in [0.717, 1.165) is 11.3 Å². The number of carbonyl (C=O) groups excluding carboxylic acids is 1. The Bertz CT molecular complexity index is 595. The van der Waals surface area contributed by atoms with Crippen LogP contribution in [0.1, 0.15) is 23.0 Å². The zero-order chi connectivity index (χ0) is 13.8. The van der Waals surface area contributed by atoms with Crippen LogP contribution >= 0.6 is 0 Å². The quantitative estimate of drug-likeness (QED) is 0.917. The minimum atomic E-state index is -0.175. The number of nitrogens with two attached hydrogens (primary N) is 1. The molecule has 98 valence electrons. The summed E-state index contributed by atoms with van der Waals surface area (Å²) in [6.07, 6.45) is 1.58. The Morgan fingerprint density at radius 1 is 1.32 bits per heavy atom. The zero-order valence-electron chi connectivity index (χ0n) is 11.1. The van der Waals surface area contributed by atoms with Crippen molar-refractivity contribution in [3.05, 3.63) is 53.9 Å². The predicted molar refractivity (Wildman–Crippen MR) is 77.2 cm³/mol. The molecule has 0 saturated carbocycles. The van der Waals surface area contributed by atoms with Crippen molar-refractivity contribution in [1.29, 1.82) is 0 Å². The maximum Gasteiger partial charge on any atom is 0.278 e. The van der Waals surface area contributed by atoms with E-state index >= 15 is 0 Å². The van der Waals surface area contributed by atoms with Crippen LogP contribution in [0.15, 0.2) is 42.6 Å². The molecule has 0 unspecified atom stereocenters. The monoisotopic (exact) mass is 255 g/mol. The van der Waals surface area contributed by atoms with Gasteiger partial charge in [0.05, 0.1) is 5.69 Å². The minimum Gasteiger partial charge on any atom is -0.397 e. The van der Waals surface area contributed by atoms with Crippen LogP contribution in [0.5, 0.6) is 0 Å². The highest BCUT2D eigenvalue weighted by Crippen LogP contribution is 2.19. The smallest absolute Gasteiger partial charge is 0.278 e. The maximum atomic E-state index is 12.5. The lowest BCUT2D eigenvalue weighted by Gasteiger charge is -2.21. The molecule has 2 aromatic rings. The Labute approximate surface area is 112 Å². The van der Waals surface area contributed by atoms with Gasteiger partial charge in [-0.1, -0.05) is 12.1 Å². The molecule has 0 fully saturated rings. The third-order valence-corrected chi connectivity index (χ3v) is 2.92. The molecule has 1 aromatic heterocycles. The normalized spacial score (nSPS) is 10.2. The van der Waals surface area contributed by atoms with E-state index in [0.29, 0.717) is 17.9 Å². The number of hydrogen-bond donors (Lipinski definition) is 1. The van der Waals surface area contributed by atoms with E-state index in [9.17, 15) is 4.79 Å². The van der Waals surface area contributed by atoms with Gasteiger partial charge in [0.2, 0.25) is 0 Å². The zero-order valence-corrected chi connectivity index (χ0v) is 11.1. The average molecular weight is 255 g/mol. The van der Waals surface area contributed by atoms with E-state index in [4.69, 9.17) is 5.73 Å². The summed E-state index contributed by atoms with van der Waals surface area (Å²) in [6.45, 7) is 4.49. The second kappa shape index (κ2) is 5.52. The Morgan fingerprint density at radius 2 is 2.11 bits per heavy atom. The number of nitrogen functional groups attached to an aromatic ring is 1. The Hall–Kier alpha value is -2.36. The van der Waals surface area contributed by atoms with Crippen LogP contribution in [0.25, 0.3) is 0 Å². The first-order valence-corrected chi connectivity index (χ1v) is 6.22. The molecule has 19 heavy (non-hydrogen) atoms. The van der Waals surface area contributed by atoms with Crippen molar-refractivity contribution in [1.82, 2.24) is 4.98 Å². The fraction of sp³-hybridized carbons (Fsp3) is 0.200. The topological polar surface area (TPSA) is 59.2 Å². The first-order chi connectivity index (χ1) is 9.13. The summed E-state index contributed by atoms with van der Waals surface area (Å²) in [6, 6.07) is 11.2. The number of aryl methyl sites for hydroxylation is 1. The Kier molecular flexibility index (Phi) is 3.80.